The first-order valence-corrected chi connectivity index (χ1v) is 9.37. The molecule has 4 aromatic rings. The number of ether oxygens (including phenoxy) is 1. The maximum Gasteiger partial charge on any atom is 0.274 e. The van der Waals surface area contributed by atoms with Crippen LogP contribution in [0.5, 0.6) is 5.75 Å². The van der Waals surface area contributed by atoms with Crippen LogP contribution < -0.4 is 9.64 Å². The molecule has 1 aliphatic rings. The summed E-state index contributed by atoms with van der Waals surface area (Å²) in [7, 11) is 1.63. The number of nitrogens with zero attached hydrogens (tertiary/aromatic N) is 1. The van der Waals surface area contributed by atoms with Crippen LogP contribution in [0.25, 0.3) is 21.8 Å². The number of aromatic amines is 2. The van der Waals surface area contributed by atoms with E-state index in [9.17, 15) is 4.79 Å². The number of rotatable bonds is 3. The Bertz CT molecular complexity index is 1180. The minimum Gasteiger partial charge on any atom is -0.497 e. The molecule has 0 aliphatic carbocycles. The van der Waals surface area contributed by atoms with Gasteiger partial charge in [0.1, 0.15) is 11.4 Å². The topological polar surface area (TPSA) is 61.1 Å². The molecule has 1 amide bonds. The number of fused-ring (bicyclic) bond motifs is 4. The van der Waals surface area contributed by atoms with Crippen LogP contribution in [0, 0.1) is 0 Å². The number of H-pyrrole nitrogens is 2. The number of alkyl halides is 1. The monoisotopic (exact) mass is 379 g/mol. The lowest BCUT2D eigenvalue weighted by Crippen LogP contribution is -2.30. The third kappa shape index (κ3) is 2.42. The first-order valence-electron chi connectivity index (χ1n) is 8.84. The second-order valence-corrected chi connectivity index (χ2v) is 7.15. The smallest absolute Gasteiger partial charge is 0.274 e. The number of amides is 1. The molecule has 5 rings (SSSR count). The normalized spacial score (nSPS) is 16.2. The number of hydrogen-bond acceptors (Lipinski definition) is 2. The van der Waals surface area contributed by atoms with Gasteiger partial charge < -0.3 is 19.6 Å². The van der Waals surface area contributed by atoms with Crippen LogP contribution in [0.1, 0.15) is 22.0 Å². The Morgan fingerprint density at radius 3 is 2.89 bits per heavy atom. The molecule has 1 aliphatic heterocycles. The van der Waals surface area contributed by atoms with Crippen LogP contribution in [-0.2, 0) is 0 Å². The summed E-state index contributed by atoms with van der Waals surface area (Å²) < 4.78 is 5.27. The summed E-state index contributed by atoms with van der Waals surface area (Å²) in [6.07, 6.45) is 1.92. The molecule has 27 heavy (non-hydrogen) atoms. The molecule has 1 unspecified atom stereocenters. The average molecular weight is 380 g/mol. The van der Waals surface area contributed by atoms with Gasteiger partial charge in [0.25, 0.3) is 5.91 Å². The number of aromatic nitrogens is 2. The predicted octanol–water partition coefficient (Wildman–Crippen LogP) is 4.64. The van der Waals surface area contributed by atoms with E-state index in [4.69, 9.17) is 16.3 Å². The van der Waals surface area contributed by atoms with E-state index in [0.29, 0.717) is 18.1 Å². The average Bonchev–Trinajstić information content (AvgIpc) is 3.41. The zero-order valence-electron chi connectivity index (χ0n) is 14.8. The first kappa shape index (κ1) is 16.3. The maximum absolute atomic E-state index is 13.3. The van der Waals surface area contributed by atoms with E-state index in [1.807, 2.05) is 47.5 Å². The molecule has 0 bridgehead atoms. The molecule has 1 atom stereocenters. The summed E-state index contributed by atoms with van der Waals surface area (Å²) in [6, 6.07) is 13.7. The third-order valence-corrected chi connectivity index (χ3v) is 5.72. The highest BCUT2D eigenvalue weighted by molar-refractivity contribution is 6.19. The number of carbonyl (C=O) groups is 1. The molecule has 0 fully saturated rings. The van der Waals surface area contributed by atoms with E-state index in [-0.39, 0.29) is 11.8 Å². The zero-order valence-corrected chi connectivity index (χ0v) is 15.5. The van der Waals surface area contributed by atoms with Gasteiger partial charge in [-0.3, -0.25) is 4.79 Å². The van der Waals surface area contributed by atoms with Crippen molar-refractivity contribution in [2.24, 2.45) is 0 Å². The van der Waals surface area contributed by atoms with Crippen LogP contribution in [0.15, 0.2) is 48.7 Å². The van der Waals surface area contributed by atoms with Gasteiger partial charge >= 0.3 is 0 Å². The molecule has 0 saturated heterocycles. The molecular formula is C21H18ClN3O2. The van der Waals surface area contributed by atoms with Crippen molar-refractivity contribution in [1.82, 2.24) is 9.97 Å². The lowest BCUT2D eigenvalue weighted by molar-refractivity contribution is 0.0984. The van der Waals surface area contributed by atoms with Gasteiger partial charge in [0.05, 0.1) is 7.11 Å². The number of anilines is 1. The Kier molecular flexibility index (Phi) is 3.65. The summed E-state index contributed by atoms with van der Waals surface area (Å²) in [4.78, 5) is 21.6. The molecule has 3 heterocycles. The standard InChI is InChI=1S/C21H18ClN3O2/c1-27-14-2-3-16-12(8-14)9-18(24-16)21(26)25-11-13(10-22)20-15-6-7-23-17(15)4-5-19(20)25/h2-9,13,23-24H,10-11H2,1H3. The van der Waals surface area contributed by atoms with Crippen molar-refractivity contribution in [3.05, 3.63) is 59.9 Å². The van der Waals surface area contributed by atoms with Gasteiger partial charge in [-0.25, -0.2) is 0 Å². The Labute approximate surface area is 160 Å². The van der Waals surface area contributed by atoms with Crippen molar-refractivity contribution < 1.29 is 9.53 Å². The summed E-state index contributed by atoms with van der Waals surface area (Å²) in [5, 5.41) is 2.09. The SMILES string of the molecule is COc1ccc2[nH]c(C(=O)N3CC(CCl)c4c3ccc3[nH]ccc43)cc2c1. The first-order chi connectivity index (χ1) is 13.2. The quantitative estimate of drug-likeness (QED) is 0.509. The Morgan fingerprint density at radius 2 is 2.07 bits per heavy atom. The highest BCUT2D eigenvalue weighted by Crippen LogP contribution is 2.42. The fourth-order valence-electron chi connectivity index (χ4n) is 4.04. The van der Waals surface area contributed by atoms with Crippen molar-refractivity contribution in [2.75, 3.05) is 24.4 Å². The number of carbonyl (C=O) groups excluding carboxylic acids is 1. The summed E-state index contributed by atoms with van der Waals surface area (Å²) in [5.74, 6) is 1.32. The van der Waals surface area contributed by atoms with Gasteiger partial charge in [-0.2, -0.15) is 0 Å². The van der Waals surface area contributed by atoms with Gasteiger partial charge in [-0.1, -0.05) is 0 Å². The summed E-state index contributed by atoms with van der Waals surface area (Å²) >= 11 is 6.25. The molecule has 136 valence electrons. The van der Waals surface area contributed by atoms with Crippen molar-refractivity contribution in [2.45, 2.75) is 5.92 Å². The molecule has 5 nitrogen and oxygen atoms in total. The molecule has 2 aromatic heterocycles. The van der Waals surface area contributed by atoms with Gasteiger partial charge in [0, 0.05) is 52.0 Å². The number of methoxy groups -OCH3 is 1. The molecule has 0 spiro atoms. The van der Waals surface area contributed by atoms with Crippen LogP contribution in [0.2, 0.25) is 0 Å². The Balaban J connectivity index is 1.58. The van der Waals surface area contributed by atoms with Crippen LogP contribution in [0.3, 0.4) is 0 Å². The van der Waals surface area contributed by atoms with Crippen LogP contribution in [-0.4, -0.2) is 35.4 Å². The van der Waals surface area contributed by atoms with Crippen LogP contribution in [0.4, 0.5) is 5.69 Å². The van der Waals surface area contributed by atoms with Gasteiger partial charge in [-0.05, 0) is 48.0 Å². The molecule has 0 radical (unpaired) electrons. The van der Waals surface area contributed by atoms with Gasteiger partial charge in [0.2, 0.25) is 0 Å². The Hall–Kier alpha value is -2.92. The lowest BCUT2D eigenvalue weighted by Gasteiger charge is -2.16. The molecule has 2 aromatic carbocycles. The van der Waals surface area contributed by atoms with Crippen molar-refractivity contribution in [1.29, 1.82) is 0 Å². The number of benzene rings is 2. The van der Waals surface area contributed by atoms with Gasteiger partial charge in [0.15, 0.2) is 0 Å². The molecular weight excluding hydrogens is 362 g/mol. The van der Waals surface area contributed by atoms with E-state index in [0.717, 1.165) is 38.8 Å². The number of halogens is 1. The highest BCUT2D eigenvalue weighted by Gasteiger charge is 2.34. The predicted molar refractivity (Wildman–Crippen MR) is 108 cm³/mol. The van der Waals surface area contributed by atoms with E-state index in [2.05, 4.69) is 16.0 Å². The largest absolute Gasteiger partial charge is 0.497 e. The number of hydrogen-bond donors (Lipinski definition) is 2. The third-order valence-electron chi connectivity index (χ3n) is 5.34. The highest BCUT2D eigenvalue weighted by atomic mass is 35.5. The second-order valence-electron chi connectivity index (χ2n) is 6.84. The van der Waals surface area contributed by atoms with Crippen molar-refractivity contribution in [3.63, 3.8) is 0 Å². The zero-order chi connectivity index (χ0) is 18.5. The maximum atomic E-state index is 13.3. The second kappa shape index (κ2) is 6.06. The summed E-state index contributed by atoms with van der Waals surface area (Å²) in [5.41, 5.74) is 4.63. The summed E-state index contributed by atoms with van der Waals surface area (Å²) in [6.45, 7) is 0.584. The minimum atomic E-state index is -0.0473. The van der Waals surface area contributed by atoms with Gasteiger partial charge in [-0.15, -0.1) is 11.6 Å². The van der Waals surface area contributed by atoms with Crippen LogP contribution >= 0.6 is 11.6 Å². The van der Waals surface area contributed by atoms with E-state index in [1.165, 1.54) is 0 Å². The number of nitrogens with one attached hydrogen (secondary N) is 2. The van der Waals surface area contributed by atoms with Crippen molar-refractivity contribution >= 4 is 45.0 Å². The van der Waals surface area contributed by atoms with E-state index in [1.54, 1.807) is 7.11 Å². The lowest BCUT2D eigenvalue weighted by atomic mass is 9.99. The van der Waals surface area contributed by atoms with Crippen molar-refractivity contribution in [3.8, 4) is 5.75 Å². The van der Waals surface area contributed by atoms with E-state index >= 15 is 0 Å². The fourth-order valence-corrected chi connectivity index (χ4v) is 4.29. The molecule has 0 saturated carbocycles. The minimum absolute atomic E-state index is 0.0473. The Morgan fingerprint density at radius 1 is 1.22 bits per heavy atom. The molecule has 2 N–H and O–H groups in total. The molecule has 6 heteroatoms. The van der Waals surface area contributed by atoms with E-state index < -0.39 is 0 Å². The fraction of sp³-hybridized carbons (Fsp3) is 0.190.